The van der Waals surface area contributed by atoms with E-state index in [1.54, 1.807) is 18.2 Å². The Kier molecular flexibility index (Phi) is 3.41. The van der Waals surface area contributed by atoms with Gasteiger partial charge >= 0.3 is 0 Å². The molecule has 0 bridgehead atoms. The molecule has 0 spiro atoms. The van der Waals surface area contributed by atoms with Crippen LogP contribution in [0.15, 0.2) is 48.8 Å². The number of aromatic nitrogens is 2. The lowest BCUT2D eigenvalue weighted by atomic mass is 10.1. The average Bonchev–Trinajstić information content (AvgIpc) is 2.95. The molecule has 1 amide bonds. The van der Waals surface area contributed by atoms with E-state index in [1.165, 1.54) is 30.6 Å². The van der Waals surface area contributed by atoms with E-state index in [0.717, 1.165) is 5.56 Å². The van der Waals surface area contributed by atoms with E-state index in [0.29, 0.717) is 17.0 Å². The van der Waals surface area contributed by atoms with Gasteiger partial charge in [0.05, 0.1) is 23.7 Å². The quantitative estimate of drug-likeness (QED) is 0.779. The molecule has 7 heteroatoms. The highest BCUT2D eigenvalue weighted by molar-refractivity contribution is 6.03. The predicted molar refractivity (Wildman–Crippen MR) is 92.7 cm³/mol. The number of nitrogens with zero attached hydrogens (tertiary/aromatic N) is 2. The normalized spacial score (nSPS) is 15.2. The molecule has 1 aliphatic heterocycles. The minimum Gasteiger partial charge on any atom is -0.454 e. The largest absolute Gasteiger partial charge is 0.454 e. The lowest BCUT2D eigenvalue weighted by Gasteiger charge is -2.08. The van der Waals surface area contributed by atoms with Crippen LogP contribution in [0.2, 0.25) is 0 Å². The second kappa shape index (κ2) is 6.44. The highest BCUT2D eigenvalue weighted by Gasteiger charge is 2.17. The van der Waals surface area contributed by atoms with Gasteiger partial charge in [0.2, 0.25) is 6.75 Å². The maximum Gasteiger partial charge on any atom is 0.259 e. The minimum absolute atomic E-state index is 0.0886. The monoisotopic (exact) mass is 353 g/mol. The van der Waals surface area contributed by atoms with Crippen LogP contribution in [-0.2, 0) is 0 Å². The minimum atomic E-state index is -2.21. The van der Waals surface area contributed by atoms with Gasteiger partial charge in [-0.05, 0) is 36.8 Å². The Morgan fingerprint density at radius 1 is 1.19 bits per heavy atom. The van der Waals surface area contributed by atoms with Crippen LogP contribution < -0.4 is 14.8 Å². The summed E-state index contributed by atoms with van der Waals surface area (Å²) in [5.41, 5.74) is 1.88. The number of carbonyl (C=O) groups excluding carboxylic acids is 1. The van der Waals surface area contributed by atoms with Crippen molar-refractivity contribution >= 4 is 11.7 Å². The molecule has 4 rings (SSSR count). The van der Waals surface area contributed by atoms with Crippen LogP contribution in [0.3, 0.4) is 0 Å². The zero-order valence-electron chi connectivity index (χ0n) is 15.6. The fourth-order valence-electron chi connectivity index (χ4n) is 2.57. The van der Waals surface area contributed by atoms with Crippen LogP contribution in [0.25, 0.3) is 11.3 Å². The molecule has 3 aromatic rings. The molecule has 6 nitrogen and oxygen atoms in total. The summed E-state index contributed by atoms with van der Waals surface area (Å²) in [7, 11) is 0. The molecular formula is C19H14FN3O3. The molecule has 0 radical (unpaired) electrons. The van der Waals surface area contributed by atoms with Crippen LogP contribution in [0.4, 0.5) is 10.2 Å². The van der Waals surface area contributed by atoms with Gasteiger partial charge in [0.1, 0.15) is 8.56 Å². The van der Waals surface area contributed by atoms with Gasteiger partial charge in [-0.1, -0.05) is 12.1 Å². The van der Waals surface area contributed by atoms with Crippen molar-refractivity contribution in [3.05, 3.63) is 65.7 Å². The highest BCUT2D eigenvalue weighted by atomic mass is 19.1. The molecule has 0 saturated carbocycles. The predicted octanol–water partition coefficient (Wildman–Crippen LogP) is 3.57. The first kappa shape index (κ1) is 13.8. The molecule has 130 valence electrons. The molecule has 26 heavy (non-hydrogen) atoms. The number of amides is 1. The molecular weight excluding hydrogens is 337 g/mol. The highest BCUT2D eigenvalue weighted by Crippen LogP contribution is 2.37. The third-order valence-electron chi connectivity index (χ3n) is 3.88. The number of halogens is 1. The van der Waals surface area contributed by atoms with Crippen LogP contribution in [0, 0.1) is 12.7 Å². The van der Waals surface area contributed by atoms with Gasteiger partial charge in [-0.2, -0.15) is 0 Å². The second-order valence-electron chi connectivity index (χ2n) is 5.62. The Morgan fingerprint density at radius 2 is 1.96 bits per heavy atom. The molecule has 0 atom stereocenters. The summed E-state index contributed by atoms with van der Waals surface area (Å²) < 4.78 is 38.9. The molecule has 0 saturated heterocycles. The van der Waals surface area contributed by atoms with E-state index < -0.39 is 18.5 Å². The molecule has 1 aromatic heterocycles. The number of hydrogen-bond donors (Lipinski definition) is 1. The fraction of sp³-hybridized carbons (Fsp3) is 0.105. The lowest BCUT2D eigenvalue weighted by molar-refractivity contribution is 0.102. The standard InChI is InChI=1S/C19H14FN3O3/c1-11-6-16-17(26-10-25-16)7-13(11)15-8-22-18(9-21-15)23-19(24)12-4-2-3-5-14(12)20/h2-9H,10H2,1H3,(H,22,23,24)/i10D2. The Morgan fingerprint density at radius 3 is 2.69 bits per heavy atom. The Labute approximate surface area is 151 Å². The van der Waals surface area contributed by atoms with Gasteiger partial charge in [0.25, 0.3) is 5.91 Å². The number of ether oxygens (including phenoxy) is 2. The van der Waals surface area contributed by atoms with E-state index in [-0.39, 0.29) is 17.1 Å². The first-order valence-electron chi connectivity index (χ1n) is 8.73. The number of aryl methyl sites for hydroxylation is 1. The SMILES string of the molecule is [2H]C1([2H])Oc2cc(C)c(-c3cnc(NC(=O)c4ccccc4F)cn3)cc2O1. The van der Waals surface area contributed by atoms with Gasteiger partial charge in [0.15, 0.2) is 17.3 Å². The Bertz CT molecular complexity index is 1070. The summed E-state index contributed by atoms with van der Waals surface area (Å²) in [5.74, 6) is -0.494. The van der Waals surface area contributed by atoms with Crippen molar-refractivity contribution in [2.75, 3.05) is 12.1 Å². The van der Waals surface area contributed by atoms with E-state index in [1.807, 2.05) is 6.92 Å². The van der Waals surface area contributed by atoms with Crippen molar-refractivity contribution in [2.45, 2.75) is 6.92 Å². The molecule has 0 fully saturated rings. The van der Waals surface area contributed by atoms with Gasteiger partial charge in [0, 0.05) is 5.56 Å². The van der Waals surface area contributed by atoms with E-state index in [2.05, 4.69) is 15.3 Å². The smallest absolute Gasteiger partial charge is 0.259 e. The Hall–Kier alpha value is -3.48. The molecule has 0 unspecified atom stereocenters. The van der Waals surface area contributed by atoms with Gasteiger partial charge in [-0.25, -0.2) is 9.37 Å². The van der Waals surface area contributed by atoms with Crippen molar-refractivity contribution in [2.24, 2.45) is 0 Å². The van der Waals surface area contributed by atoms with Crippen molar-refractivity contribution < 1.29 is 21.4 Å². The van der Waals surface area contributed by atoms with E-state index in [4.69, 9.17) is 12.2 Å². The van der Waals surface area contributed by atoms with Crippen LogP contribution in [0.5, 0.6) is 11.5 Å². The maximum absolute atomic E-state index is 13.7. The third-order valence-corrected chi connectivity index (χ3v) is 3.88. The number of rotatable bonds is 3. The van der Waals surface area contributed by atoms with Crippen LogP contribution in [-0.4, -0.2) is 22.6 Å². The van der Waals surface area contributed by atoms with Crippen LogP contribution >= 0.6 is 0 Å². The number of nitrogens with one attached hydrogen (secondary N) is 1. The molecule has 2 heterocycles. The van der Waals surface area contributed by atoms with Crippen molar-refractivity contribution in [1.29, 1.82) is 0 Å². The lowest BCUT2D eigenvalue weighted by Crippen LogP contribution is -2.14. The molecule has 0 aliphatic carbocycles. The van der Waals surface area contributed by atoms with E-state index >= 15 is 0 Å². The number of hydrogen-bond acceptors (Lipinski definition) is 5. The average molecular weight is 353 g/mol. The third kappa shape index (κ3) is 2.95. The fourth-order valence-corrected chi connectivity index (χ4v) is 2.57. The summed E-state index contributed by atoms with van der Waals surface area (Å²) in [6, 6.07) is 8.93. The first-order chi connectivity index (χ1) is 13.3. The van der Waals surface area contributed by atoms with Gasteiger partial charge < -0.3 is 14.8 Å². The number of anilines is 1. The number of fused-ring (bicyclic) bond motifs is 1. The Balaban J connectivity index is 1.56. The molecule has 1 N–H and O–H groups in total. The molecule has 1 aliphatic rings. The van der Waals surface area contributed by atoms with Crippen LogP contribution in [0.1, 0.15) is 18.7 Å². The van der Waals surface area contributed by atoms with E-state index in [9.17, 15) is 9.18 Å². The van der Waals surface area contributed by atoms with Gasteiger partial charge in [-0.15, -0.1) is 0 Å². The summed E-state index contributed by atoms with van der Waals surface area (Å²) in [4.78, 5) is 20.6. The summed E-state index contributed by atoms with van der Waals surface area (Å²) in [6.07, 6.45) is 2.81. The van der Waals surface area contributed by atoms with Crippen molar-refractivity contribution in [3.63, 3.8) is 0 Å². The number of carbonyl (C=O) groups is 1. The second-order valence-corrected chi connectivity index (χ2v) is 5.62. The zero-order chi connectivity index (χ0) is 19.9. The summed E-state index contributed by atoms with van der Waals surface area (Å²) in [6.45, 7) is -0.387. The van der Waals surface area contributed by atoms with Crippen molar-refractivity contribution in [1.82, 2.24) is 9.97 Å². The maximum atomic E-state index is 13.7. The first-order valence-corrected chi connectivity index (χ1v) is 7.73. The van der Waals surface area contributed by atoms with Crippen molar-refractivity contribution in [3.8, 4) is 22.8 Å². The topological polar surface area (TPSA) is 73.3 Å². The van der Waals surface area contributed by atoms with Gasteiger partial charge in [-0.3, -0.25) is 9.78 Å². The molecule has 2 aromatic carbocycles. The summed E-state index contributed by atoms with van der Waals surface area (Å²) >= 11 is 0. The zero-order valence-corrected chi connectivity index (χ0v) is 13.6. The number of benzene rings is 2. The summed E-state index contributed by atoms with van der Waals surface area (Å²) in [5, 5.41) is 2.50.